The number of nitrogens with zero attached hydrogens (tertiary/aromatic N) is 2. The van der Waals surface area contributed by atoms with E-state index in [0.717, 1.165) is 70.4 Å². The Morgan fingerprint density at radius 3 is 2.62 bits per heavy atom. The van der Waals surface area contributed by atoms with E-state index in [4.69, 9.17) is 0 Å². The molecule has 1 saturated heterocycles. The van der Waals surface area contributed by atoms with Crippen molar-refractivity contribution in [2.45, 2.75) is 52.6 Å². The lowest BCUT2D eigenvalue weighted by molar-refractivity contribution is 0.0824. The van der Waals surface area contributed by atoms with Crippen LogP contribution in [0, 0.1) is 5.92 Å². The van der Waals surface area contributed by atoms with E-state index in [1.807, 2.05) is 0 Å². The Morgan fingerprint density at radius 2 is 2.00 bits per heavy atom. The minimum atomic E-state index is -0.0789. The fraction of sp³-hybridized carbons (Fsp3) is 0.938. The number of hydrogen-bond acceptors (Lipinski definition) is 3. The summed E-state index contributed by atoms with van der Waals surface area (Å²) >= 11 is 0. The summed E-state index contributed by atoms with van der Waals surface area (Å²) in [4.78, 5) is 7.06. The topological polar surface area (TPSA) is 59.9 Å². The quantitative estimate of drug-likeness (QED) is 0.360. The lowest BCUT2D eigenvalue weighted by atomic mass is 10.1. The van der Waals surface area contributed by atoms with Gasteiger partial charge in [0, 0.05) is 32.7 Å². The number of aliphatic hydroxyl groups excluding tert-OH is 1. The first kappa shape index (κ1) is 18.2. The third-order valence-electron chi connectivity index (χ3n) is 3.82. The number of piperidine rings is 1. The smallest absolute Gasteiger partial charge is 0.191 e. The number of nitrogens with one attached hydrogen (secondary N) is 2. The maximum Gasteiger partial charge on any atom is 0.191 e. The van der Waals surface area contributed by atoms with Gasteiger partial charge in [-0.15, -0.1) is 0 Å². The summed E-state index contributed by atoms with van der Waals surface area (Å²) in [7, 11) is 0. The van der Waals surface area contributed by atoms with Crippen LogP contribution in [0.25, 0.3) is 0 Å². The first-order valence-corrected chi connectivity index (χ1v) is 8.54. The molecule has 3 N–H and O–H groups in total. The molecule has 0 radical (unpaired) electrons. The first-order chi connectivity index (χ1) is 10.1. The number of likely N-dealkylation sites (tertiary alicyclic amines) is 1. The fourth-order valence-electron chi connectivity index (χ4n) is 2.45. The first-order valence-electron chi connectivity index (χ1n) is 8.54. The largest absolute Gasteiger partial charge is 0.393 e. The summed E-state index contributed by atoms with van der Waals surface area (Å²) in [5, 5.41) is 16.2. The second-order valence-electron chi connectivity index (χ2n) is 6.30. The molecule has 0 unspecified atom stereocenters. The van der Waals surface area contributed by atoms with Crippen LogP contribution in [-0.4, -0.2) is 61.3 Å². The number of aliphatic hydroxyl groups is 1. The van der Waals surface area contributed by atoms with Crippen molar-refractivity contribution in [2.75, 3.05) is 39.3 Å². The molecular weight excluding hydrogens is 264 g/mol. The number of rotatable bonds is 8. The maximum atomic E-state index is 9.49. The van der Waals surface area contributed by atoms with Crippen molar-refractivity contribution in [1.82, 2.24) is 15.5 Å². The molecule has 0 aliphatic carbocycles. The van der Waals surface area contributed by atoms with Crippen LogP contribution >= 0.6 is 0 Å². The van der Waals surface area contributed by atoms with Crippen molar-refractivity contribution in [3.8, 4) is 0 Å². The monoisotopic (exact) mass is 298 g/mol. The summed E-state index contributed by atoms with van der Waals surface area (Å²) in [6, 6.07) is 0. The van der Waals surface area contributed by atoms with Crippen molar-refractivity contribution in [3.63, 3.8) is 0 Å². The molecule has 0 aromatic carbocycles. The van der Waals surface area contributed by atoms with Crippen LogP contribution in [0.1, 0.15) is 46.5 Å². The van der Waals surface area contributed by atoms with Gasteiger partial charge in [-0.05, 0) is 45.1 Å². The molecule has 0 spiro atoms. The second-order valence-corrected chi connectivity index (χ2v) is 6.30. The van der Waals surface area contributed by atoms with E-state index in [0.29, 0.717) is 0 Å². The van der Waals surface area contributed by atoms with Crippen LogP contribution in [0.5, 0.6) is 0 Å². The third-order valence-corrected chi connectivity index (χ3v) is 3.82. The Morgan fingerprint density at radius 1 is 1.29 bits per heavy atom. The van der Waals surface area contributed by atoms with Crippen molar-refractivity contribution in [2.24, 2.45) is 10.9 Å². The van der Waals surface area contributed by atoms with E-state index in [9.17, 15) is 5.11 Å². The number of guanidine groups is 1. The minimum absolute atomic E-state index is 0.0789. The van der Waals surface area contributed by atoms with Crippen molar-refractivity contribution >= 4 is 5.96 Å². The molecule has 1 aliphatic heterocycles. The van der Waals surface area contributed by atoms with Gasteiger partial charge in [0.05, 0.1) is 6.10 Å². The predicted octanol–water partition coefficient (Wildman–Crippen LogP) is 1.43. The summed E-state index contributed by atoms with van der Waals surface area (Å²) in [5.74, 6) is 1.65. The lowest BCUT2D eigenvalue weighted by Gasteiger charge is -2.29. The molecule has 0 aromatic rings. The molecule has 0 aromatic heterocycles. The van der Waals surface area contributed by atoms with Gasteiger partial charge >= 0.3 is 0 Å². The van der Waals surface area contributed by atoms with Gasteiger partial charge in [-0.25, -0.2) is 0 Å². The standard InChI is InChI=1S/C16H34N4O/c1-4-17-16(19-10-6-14(2)3)18-9-5-11-20-12-7-15(21)8-13-20/h14-15,21H,4-13H2,1-3H3,(H2,17,18,19). The van der Waals surface area contributed by atoms with Crippen molar-refractivity contribution in [3.05, 3.63) is 0 Å². The third kappa shape index (κ3) is 8.94. The molecule has 1 aliphatic rings. The van der Waals surface area contributed by atoms with Gasteiger partial charge in [0.1, 0.15) is 0 Å². The SMILES string of the molecule is CCNC(=NCCCN1CCC(O)CC1)NCCC(C)C. The molecule has 21 heavy (non-hydrogen) atoms. The summed E-state index contributed by atoms with van der Waals surface area (Å²) < 4.78 is 0. The van der Waals surface area contributed by atoms with Gasteiger partial charge in [0.15, 0.2) is 5.96 Å². The molecule has 0 bridgehead atoms. The number of hydrogen-bond donors (Lipinski definition) is 3. The van der Waals surface area contributed by atoms with Crippen LogP contribution in [0.3, 0.4) is 0 Å². The normalized spacial score (nSPS) is 18.2. The second kappa shape index (κ2) is 10.9. The van der Waals surface area contributed by atoms with Gasteiger partial charge in [-0.2, -0.15) is 0 Å². The van der Waals surface area contributed by atoms with E-state index in [-0.39, 0.29) is 6.10 Å². The molecule has 1 rings (SSSR count). The molecular formula is C16H34N4O. The molecule has 124 valence electrons. The lowest BCUT2D eigenvalue weighted by Crippen LogP contribution is -2.38. The minimum Gasteiger partial charge on any atom is -0.393 e. The van der Waals surface area contributed by atoms with E-state index < -0.39 is 0 Å². The van der Waals surface area contributed by atoms with Crippen LogP contribution in [0.2, 0.25) is 0 Å². The number of aliphatic imine (C=N–C) groups is 1. The van der Waals surface area contributed by atoms with E-state index in [1.54, 1.807) is 0 Å². The summed E-state index contributed by atoms with van der Waals surface area (Å²) in [6.07, 6.45) is 4.01. The van der Waals surface area contributed by atoms with E-state index >= 15 is 0 Å². The zero-order valence-electron chi connectivity index (χ0n) is 14.1. The summed E-state index contributed by atoms with van der Waals surface area (Å²) in [6.45, 7) is 12.4. The average Bonchev–Trinajstić information content (AvgIpc) is 2.45. The predicted molar refractivity (Wildman–Crippen MR) is 89.7 cm³/mol. The highest BCUT2D eigenvalue weighted by molar-refractivity contribution is 5.79. The van der Waals surface area contributed by atoms with Crippen LogP contribution < -0.4 is 10.6 Å². The van der Waals surface area contributed by atoms with E-state index in [1.165, 1.54) is 6.42 Å². The van der Waals surface area contributed by atoms with E-state index in [2.05, 4.69) is 41.3 Å². The Kier molecular flexibility index (Phi) is 9.42. The van der Waals surface area contributed by atoms with Crippen LogP contribution in [0.4, 0.5) is 0 Å². The highest BCUT2D eigenvalue weighted by Crippen LogP contribution is 2.09. The maximum absolute atomic E-state index is 9.49. The molecule has 0 saturated carbocycles. The Hall–Kier alpha value is -0.810. The highest BCUT2D eigenvalue weighted by atomic mass is 16.3. The van der Waals surface area contributed by atoms with Gasteiger partial charge in [-0.1, -0.05) is 13.8 Å². The Labute approximate surface area is 130 Å². The van der Waals surface area contributed by atoms with Crippen LogP contribution in [-0.2, 0) is 0 Å². The molecule has 1 fully saturated rings. The van der Waals surface area contributed by atoms with Crippen molar-refractivity contribution < 1.29 is 5.11 Å². The van der Waals surface area contributed by atoms with Crippen LogP contribution in [0.15, 0.2) is 4.99 Å². The Bertz CT molecular complexity index is 286. The molecule has 1 heterocycles. The molecule has 0 amide bonds. The fourth-order valence-corrected chi connectivity index (χ4v) is 2.45. The molecule has 5 nitrogen and oxygen atoms in total. The van der Waals surface area contributed by atoms with Gasteiger partial charge in [-0.3, -0.25) is 4.99 Å². The zero-order valence-corrected chi connectivity index (χ0v) is 14.1. The van der Waals surface area contributed by atoms with Crippen molar-refractivity contribution in [1.29, 1.82) is 0 Å². The Balaban J connectivity index is 2.17. The highest BCUT2D eigenvalue weighted by Gasteiger charge is 2.15. The van der Waals surface area contributed by atoms with Gasteiger partial charge in [0.2, 0.25) is 0 Å². The average molecular weight is 298 g/mol. The van der Waals surface area contributed by atoms with Gasteiger partial charge in [0.25, 0.3) is 0 Å². The molecule has 0 atom stereocenters. The summed E-state index contributed by atoms with van der Waals surface area (Å²) in [5.41, 5.74) is 0. The van der Waals surface area contributed by atoms with Gasteiger partial charge < -0.3 is 20.6 Å². The zero-order chi connectivity index (χ0) is 15.5. The molecule has 5 heteroatoms.